The number of hydrogen-bond donors (Lipinski definition) is 1. The summed E-state index contributed by atoms with van der Waals surface area (Å²) in [6.07, 6.45) is 6.52. The van der Waals surface area contributed by atoms with E-state index < -0.39 is 0 Å². The standard InChI is InChI=1S/C18H30N2O/c1-5-15-10-7-6-8-13-20(15)16-11-9-12-17(21-4)18(16)14(2)19-3/h9,11-12,14-15,19H,5-8,10,13H2,1-4H3. The van der Waals surface area contributed by atoms with Gasteiger partial charge in [0.25, 0.3) is 0 Å². The number of benzene rings is 1. The third-order valence-corrected chi connectivity index (χ3v) is 4.79. The number of anilines is 1. The lowest BCUT2D eigenvalue weighted by Crippen LogP contribution is -2.35. The molecule has 2 rings (SSSR count). The molecule has 1 aliphatic rings. The molecule has 1 saturated heterocycles. The molecule has 0 saturated carbocycles. The van der Waals surface area contributed by atoms with E-state index in [9.17, 15) is 0 Å². The molecule has 21 heavy (non-hydrogen) atoms. The Hall–Kier alpha value is -1.22. The van der Waals surface area contributed by atoms with E-state index in [4.69, 9.17) is 4.74 Å². The third-order valence-electron chi connectivity index (χ3n) is 4.79. The van der Waals surface area contributed by atoms with Gasteiger partial charge in [0.05, 0.1) is 7.11 Å². The zero-order valence-electron chi connectivity index (χ0n) is 14.0. The number of hydrogen-bond acceptors (Lipinski definition) is 3. The van der Waals surface area contributed by atoms with Crippen molar-refractivity contribution in [2.45, 2.75) is 58.0 Å². The van der Waals surface area contributed by atoms with E-state index in [0.29, 0.717) is 6.04 Å². The fourth-order valence-electron chi connectivity index (χ4n) is 3.46. The zero-order chi connectivity index (χ0) is 15.2. The Balaban J connectivity index is 2.45. The van der Waals surface area contributed by atoms with Crippen molar-refractivity contribution < 1.29 is 4.74 Å². The van der Waals surface area contributed by atoms with Gasteiger partial charge < -0.3 is 15.0 Å². The summed E-state index contributed by atoms with van der Waals surface area (Å²) in [7, 11) is 3.78. The molecular formula is C18H30N2O. The van der Waals surface area contributed by atoms with Crippen molar-refractivity contribution in [2.24, 2.45) is 0 Å². The minimum absolute atomic E-state index is 0.289. The highest BCUT2D eigenvalue weighted by Crippen LogP contribution is 2.37. The molecule has 3 nitrogen and oxygen atoms in total. The van der Waals surface area contributed by atoms with E-state index >= 15 is 0 Å². The van der Waals surface area contributed by atoms with Crippen LogP contribution in [-0.2, 0) is 0 Å². The van der Waals surface area contributed by atoms with E-state index in [2.05, 4.69) is 42.3 Å². The minimum Gasteiger partial charge on any atom is -0.496 e. The van der Waals surface area contributed by atoms with Crippen molar-refractivity contribution in [1.29, 1.82) is 0 Å². The SMILES string of the molecule is CCC1CCCCCN1c1cccc(OC)c1C(C)NC. The fraction of sp³-hybridized carbons (Fsp3) is 0.667. The van der Waals surface area contributed by atoms with Crippen LogP contribution in [0.25, 0.3) is 0 Å². The van der Waals surface area contributed by atoms with Crippen LogP contribution in [0.2, 0.25) is 0 Å². The Morgan fingerprint density at radius 3 is 2.81 bits per heavy atom. The zero-order valence-corrected chi connectivity index (χ0v) is 14.0. The molecule has 0 bridgehead atoms. The van der Waals surface area contributed by atoms with Crippen LogP contribution < -0.4 is 15.0 Å². The van der Waals surface area contributed by atoms with Gasteiger partial charge in [0.1, 0.15) is 5.75 Å². The molecule has 1 heterocycles. The van der Waals surface area contributed by atoms with Crippen molar-refractivity contribution in [3.63, 3.8) is 0 Å². The molecule has 0 aliphatic carbocycles. The monoisotopic (exact) mass is 290 g/mol. The number of nitrogens with one attached hydrogen (secondary N) is 1. The van der Waals surface area contributed by atoms with Crippen LogP contribution in [0.5, 0.6) is 5.75 Å². The van der Waals surface area contributed by atoms with Gasteiger partial charge in [-0.2, -0.15) is 0 Å². The normalized spacial score (nSPS) is 21.0. The lowest BCUT2D eigenvalue weighted by Gasteiger charge is -2.35. The van der Waals surface area contributed by atoms with Crippen LogP contribution in [0.15, 0.2) is 18.2 Å². The summed E-state index contributed by atoms with van der Waals surface area (Å²) in [5.74, 6) is 0.994. The van der Waals surface area contributed by atoms with Gasteiger partial charge in [-0.15, -0.1) is 0 Å². The average Bonchev–Trinajstić information content (AvgIpc) is 2.78. The molecule has 2 atom stereocenters. The maximum Gasteiger partial charge on any atom is 0.125 e. The topological polar surface area (TPSA) is 24.5 Å². The van der Waals surface area contributed by atoms with E-state index in [0.717, 1.165) is 12.3 Å². The van der Waals surface area contributed by atoms with Crippen LogP contribution in [-0.4, -0.2) is 26.7 Å². The van der Waals surface area contributed by atoms with E-state index in [-0.39, 0.29) is 6.04 Å². The number of nitrogens with zero attached hydrogens (tertiary/aromatic N) is 1. The molecule has 1 aliphatic heterocycles. The summed E-state index contributed by atoms with van der Waals surface area (Å²) in [4.78, 5) is 2.62. The van der Waals surface area contributed by atoms with Crippen molar-refractivity contribution in [3.05, 3.63) is 23.8 Å². The number of rotatable bonds is 5. The maximum atomic E-state index is 5.63. The van der Waals surface area contributed by atoms with E-state index in [1.165, 1.54) is 43.4 Å². The van der Waals surface area contributed by atoms with E-state index in [1.54, 1.807) is 7.11 Å². The molecule has 0 aromatic heterocycles. The second-order valence-corrected chi connectivity index (χ2v) is 6.01. The van der Waals surface area contributed by atoms with Crippen LogP contribution in [0.4, 0.5) is 5.69 Å². The average molecular weight is 290 g/mol. The van der Waals surface area contributed by atoms with Crippen LogP contribution in [0, 0.1) is 0 Å². The summed E-state index contributed by atoms with van der Waals surface area (Å²) < 4.78 is 5.63. The van der Waals surface area contributed by atoms with Gasteiger partial charge in [-0.05, 0) is 45.4 Å². The minimum atomic E-state index is 0.289. The first-order chi connectivity index (χ1) is 10.2. The van der Waals surface area contributed by atoms with Gasteiger partial charge in [0.15, 0.2) is 0 Å². The lowest BCUT2D eigenvalue weighted by molar-refractivity contribution is 0.403. The summed E-state index contributed by atoms with van der Waals surface area (Å²) >= 11 is 0. The largest absolute Gasteiger partial charge is 0.496 e. The maximum absolute atomic E-state index is 5.63. The van der Waals surface area contributed by atoms with Gasteiger partial charge >= 0.3 is 0 Å². The highest BCUT2D eigenvalue weighted by Gasteiger charge is 2.25. The Morgan fingerprint density at radius 1 is 1.33 bits per heavy atom. The first kappa shape index (κ1) is 16.2. The van der Waals surface area contributed by atoms with Crippen molar-refractivity contribution in [1.82, 2.24) is 5.32 Å². The Bertz CT molecular complexity index is 447. The van der Waals surface area contributed by atoms with E-state index in [1.807, 2.05) is 7.05 Å². The summed E-state index contributed by atoms with van der Waals surface area (Å²) in [6.45, 7) is 5.68. The molecule has 1 aromatic rings. The molecule has 118 valence electrons. The summed E-state index contributed by atoms with van der Waals surface area (Å²) in [5, 5.41) is 3.38. The van der Waals surface area contributed by atoms with Gasteiger partial charge in [0, 0.05) is 29.9 Å². The highest BCUT2D eigenvalue weighted by atomic mass is 16.5. The predicted molar refractivity (Wildman–Crippen MR) is 90.4 cm³/mol. The van der Waals surface area contributed by atoms with Crippen molar-refractivity contribution in [3.8, 4) is 5.75 Å². The van der Waals surface area contributed by atoms with Crippen LogP contribution in [0.3, 0.4) is 0 Å². The first-order valence-corrected chi connectivity index (χ1v) is 8.33. The molecule has 1 aromatic carbocycles. The molecule has 1 N–H and O–H groups in total. The van der Waals surface area contributed by atoms with Crippen LogP contribution in [0.1, 0.15) is 57.6 Å². The first-order valence-electron chi connectivity index (χ1n) is 8.33. The quantitative estimate of drug-likeness (QED) is 0.882. The summed E-state index contributed by atoms with van der Waals surface area (Å²) in [5.41, 5.74) is 2.65. The van der Waals surface area contributed by atoms with Crippen molar-refractivity contribution in [2.75, 3.05) is 25.6 Å². The molecule has 1 fully saturated rings. The predicted octanol–water partition coefficient (Wildman–Crippen LogP) is 4.13. The molecular weight excluding hydrogens is 260 g/mol. The second-order valence-electron chi connectivity index (χ2n) is 6.01. The Labute approximate surface area is 129 Å². The van der Waals surface area contributed by atoms with Gasteiger partial charge in [-0.25, -0.2) is 0 Å². The molecule has 2 unspecified atom stereocenters. The lowest BCUT2D eigenvalue weighted by atomic mass is 10.0. The highest BCUT2D eigenvalue weighted by molar-refractivity contribution is 5.61. The Morgan fingerprint density at radius 2 is 2.14 bits per heavy atom. The fourth-order valence-corrected chi connectivity index (χ4v) is 3.46. The van der Waals surface area contributed by atoms with Crippen molar-refractivity contribution >= 4 is 5.69 Å². The number of methoxy groups -OCH3 is 1. The van der Waals surface area contributed by atoms with Crippen LogP contribution >= 0.6 is 0 Å². The molecule has 0 spiro atoms. The van der Waals surface area contributed by atoms with Gasteiger partial charge in [0.2, 0.25) is 0 Å². The molecule has 3 heteroatoms. The number of ether oxygens (including phenoxy) is 1. The van der Waals surface area contributed by atoms with Gasteiger partial charge in [-0.1, -0.05) is 25.8 Å². The third kappa shape index (κ3) is 3.52. The Kier molecular flexibility index (Phi) is 5.92. The molecule has 0 amide bonds. The second kappa shape index (κ2) is 7.69. The molecule has 0 radical (unpaired) electrons. The van der Waals surface area contributed by atoms with Gasteiger partial charge in [-0.3, -0.25) is 0 Å². The smallest absolute Gasteiger partial charge is 0.125 e. The summed E-state index contributed by atoms with van der Waals surface area (Å²) in [6, 6.07) is 7.40.